The van der Waals surface area contributed by atoms with Gasteiger partial charge >= 0.3 is 6.08 Å². The van der Waals surface area contributed by atoms with Crippen molar-refractivity contribution in [1.29, 1.82) is 0 Å². The highest BCUT2D eigenvalue weighted by molar-refractivity contribution is 5.81. The number of imidazole rings is 1. The molecule has 0 unspecified atom stereocenters. The average Bonchev–Trinajstić information content (AvgIpc) is 2.94. The van der Waals surface area contributed by atoms with Crippen molar-refractivity contribution < 1.29 is 24.4 Å². The van der Waals surface area contributed by atoms with Gasteiger partial charge in [0, 0.05) is 0 Å². The third-order valence-electron chi connectivity index (χ3n) is 3.36. The zero-order valence-corrected chi connectivity index (χ0v) is 10.1. The summed E-state index contributed by atoms with van der Waals surface area (Å²) in [6, 6.07) is 0. The fourth-order valence-electron chi connectivity index (χ4n) is 2.31. The van der Waals surface area contributed by atoms with Crippen LogP contribution >= 0.6 is 0 Å². The quantitative estimate of drug-likeness (QED) is 0.462. The predicted molar refractivity (Wildman–Crippen MR) is 62.7 cm³/mol. The molecule has 0 radical (unpaired) electrons. The van der Waals surface area contributed by atoms with E-state index in [2.05, 4.69) is 15.0 Å². The number of nitrogens with two attached hydrogens (primary N) is 1. The van der Waals surface area contributed by atoms with Gasteiger partial charge in [-0.3, -0.25) is 4.57 Å². The van der Waals surface area contributed by atoms with Gasteiger partial charge in [0.1, 0.15) is 12.2 Å². The fourth-order valence-corrected chi connectivity index (χ4v) is 2.31. The van der Waals surface area contributed by atoms with Crippen LogP contribution in [-0.4, -0.2) is 60.3 Å². The average molecular weight is 285 g/mol. The highest BCUT2D eigenvalue weighted by atomic mass is 19.1. The first kappa shape index (κ1) is 13.1. The Morgan fingerprint density at radius 1 is 1.50 bits per heavy atom. The van der Waals surface area contributed by atoms with Gasteiger partial charge in [-0.05, 0) is 0 Å². The number of hydrogen-bond donors (Lipinski definition) is 4. The van der Waals surface area contributed by atoms with Crippen molar-refractivity contribution in [3.63, 3.8) is 0 Å². The van der Waals surface area contributed by atoms with Gasteiger partial charge < -0.3 is 25.8 Å². The second-order valence-electron chi connectivity index (χ2n) is 4.49. The maximum Gasteiger partial charge on any atom is 0.312 e. The lowest BCUT2D eigenvalue weighted by atomic mass is 10.1. The number of hydrogen-bond acceptors (Lipinski definition) is 8. The summed E-state index contributed by atoms with van der Waals surface area (Å²) in [6.45, 7) is -0.855. The van der Waals surface area contributed by atoms with Crippen LogP contribution in [0.2, 0.25) is 0 Å². The smallest absolute Gasteiger partial charge is 0.312 e. The van der Waals surface area contributed by atoms with Crippen LogP contribution in [0.1, 0.15) is 0 Å². The van der Waals surface area contributed by atoms with Gasteiger partial charge in [0.15, 0.2) is 22.7 Å². The first-order chi connectivity index (χ1) is 9.49. The minimum absolute atomic E-state index is 0.0443. The molecular weight excluding hydrogens is 273 g/mol. The topological polar surface area (TPSA) is 140 Å². The first-order valence-corrected chi connectivity index (χ1v) is 5.77. The predicted octanol–water partition coefficient (Wildman–Crippen LogP) is -2.06. The second-order valence-corrected chi connectivity index (χ2v) is 4.49. The molecule has 1 fully saturated rings. The summed E-state index contributed by atoms with van der Waals surface area (Å²) in [5, 5.41) is 29.2. The molecule has 1 aliphatic rings. The van der Waals surface area contributed by atoms with Crippen molar-refractivity contribution in [2.45, 2.75) is 17.9 Å². The minimum atomic E-state index is -1.69. The van der Waals surface area contributed by atoms with Crippen LogP contribution in [0.3, 0.4) is 0 Å². The lowest BCUT2D eigenvalue weighted by Gasteiger charge is -2.31. The van der Waals surface area contributed by atoms with Crippen molar-refractivity contribution >= 4 is 17.0 Å². The maximum absolute atomic E-state index is 13.3. The highest BCUT2D eigenvalue weighted by Crippen LogP contribution is 2.34. The fraction of sp³-hybridized carbons (Fsp3) is 0.500. The van der Waals surface area contributed by atoms with Gasteiger partial charge in [-0.1, -0.05) is 0 Å². The van der Waals surface area contributed by atoms with Gasteiger partial charge in [0.25, 0.3) is 0 Å². The van der Waals surface area contributed by atoms with E-state index in [1.807, 2.05) is 0 Å². The molecule has 20 heavy (non-hydrogen) atoms. The van der Waals surface area contributed by atoms with Crippen LogP contribution in [-0.2, 0) is 10.5 Å². The summed E-state index contributed by atoms with van der Waals surface area (Å²) < 4.78 is 19.7. The molecule has 2 aromatic rings. The molecule has 108 valence electrons. The van der Waals surface area contributed by atoms with Crippen LogP contribution in [0.4, 0.5) is 10.2 Å². The Bertz CT molecular complexity index is 664. The highest BCUT2D eigenvalue weighted by Gasteiger charge is 2.51. The number of aliphatic hydroxyl groups excluding tert-OH is 3. The van der Waals surface area contributed by atoms with Crippen molar-refractivity contribution in [3.05, 3.63) is 12.4 Å². The van der Waals surface area contributed by atoms with Gasteiger partial charge in [-0.15, -0.1) is 0 Å². The summed E-state index contributed by atoms with van der Waals surface area (Å²) in [5.41, 5.74) is 3.90. The normalized spacial score (nSPS) is 30.2. The van der Waals surface area contributed by atoms with Crippen LogP contribution in [0.15, 0.2) is 6.33 Å². The largest absolute Gasteiger partial charge is 0.391 e. The van der Waals surface area contributed by atoms with Crippen molar-refractivity contribution in [3.8, 4) is 0 Å². The number of rotatable bonds is 2. The zero-order chi connectivity index (χ0) is 14.5. The number of aromatic nitrogens is 4. The molecule has 0 spiro atoms. The summed E-state index contributed by atoms with van der Waals surface area (Å²) in [5.74, 6) is -0.174. The third-order valence-corrected chi connectivity index (χ3v) is 3.36. The minimum Gasteiger partial charge on any atom is -0.391 e. The van der Waals surface area contributed by atoms with Crippen molar-refractivity contribution in [1.82, 2.24) is 19.5 Å². The maximum atomic E-state index is 13.3. The van der Waals surface area contributed by atoms with E-state index >= 15 is 0 Å². The summed E-state index contributed by atoms with van der Waals surface area (Å²) in [7, 11) is 0. The molecule has 9 nitrogen and oxygen atoms in total. The molecule has 0 bridgehead atoms. The molecule has 2 aromatic heterocycles. The molecule has 1 aliphatic heterocycles. The number of halogens is 1. The Hall–Kier alpha value is -1.88. The lowest BCUT2D eigenvalue weighted by molar-refractivity contribution is -0.149. The van der Waals surface area contributed by atoms with E-state index in [1.165, 1.54) is 6.33 Å². The third kappa shape index (κ3) is 1.59. The van der Waals surface area contributed by atoms with E-state index in [0.29, 0.717) is 0 Å². The van der Waals surface area contributed by atoms with Gasteiger partial charge in [-0.25, -0.2) is 4.98 Å². The molecule has 0 aromatic carbocycles. The Labute approximate surface area is 111 Å². The SMILES string of the molecule is Nc1nc(F)nc2c1ncn2[C@@]1(CO)OC[C@@H](O)[C@@H]1O. The van der Waals surface area contributed by atoms with E-state index < -0.39 is 30.6 Å². The molecule has 0 saturated carbocycles. The van der Waals surface area contributed by atoms with Crippen LogP contribution in [0, 0.1) is 6.08 Å². The van der Waals surface area contributed by atoms with Gasteiger partial charge in [-0.2, -0.15) is 14.4 Å². The van der Waals surface area contributed by atoms with E-state index in [0.717, 1.165) is 4.57 Å². The lowest BCUT2D eigenvalue weighted by Crippen LogP contribution is -2.48. The molecule has 0 aliphatic carbocycles. The molecule has 3 heterocycles. The molecule has 0 amide bonds. The zero-order valence-electron chi connectivity index (χ0n) is 10.1. The first-order valence-electron chi connectivity index (χ1n) is 5.77. The van der Waals surface area contributed by atoms with Crippen molar-refractivity contribution in [2.75, 3.05) is 18.9 Å². The number of aliphatic hydroxyl groups is 3. The molecular formula is C10H12FN5O4. The monoisotopic (exact) mass is 285 g/mol. The molecule has 10 heteroatoms. The summed E-state index contributed by atoms with van der Waals surface area (Å²) >= 11 is 0. The molecule has 5 N–H and O–H groups in total. The number of ether oxygens (including phenoxy) is 1. The molecule has 3 atom stereocenters. The number of nitrogens with zero attached hydrogens (tertiary/aromatic N) is 4. The summed E-state index contributed by atoms with van der Waals surface area (Å²) in [4.78, 5) is 10.8. The Kier molecular flexibility index (Phi) is 2.83. The van der Waals surface area contributed by atoms with Crippen LogP contribution in [0.5, 0.6) is 0 Å². The van der Waals surface area contributed by atoms with Gasteiger partial charge in [0.2, 0.25) is 0 Å². The number of nitrogen functional groups attached to an aromatic ring is 1. The van der Waals surface area contributed by atoms with Gasteiger partial charge in [0.05, 0.1) is 19.5 Å². The van der Waals surface area contributed by atoms with Crippen molar-refractivity contribution in [2.24, 2.45) is 0 Å². The number of anilines is 1. The van der Waals surface area contributed by atoms with E-state index in [1.54, 1.807) is 0 Å². The van der Waals surface area contributed by atoms with E-state index in [9.17, 15) is 19.7 Å². The Balaban J connectivity index is 2.23. The Morgan fingerprint density at radius 3 is 2.85 bits per heavy atom. The standard InChI is InChI=1S/C10H12FN5O4/c11-9-14-7(12)5-8(15-9)16(3-13-5)10(2-17)6(19)4(18)1-20-10/h3-4,6,17-19H,1-2H2,(H2,12,14,15)/t4-,6+,10+/m1/s1. The van der Waals surface area contributed by atoms with Crippen LogP contribution < -0.4 is 5.73 Å². The molecule has 3 rings (SSSR count). The Morgan fingerprint density at radius 2 is 2.25 bits per heavy atom. The number of fused-ring (bicyclic) bond motifs is 1. The van der Waals surface area contributed by atoms with E-state index in [-0.39, 0.29) is 23.6 Å². The van der Waals surface area contributed by atoms with Crippen LogP contribution in [0.25, 0.3) is 11.2 Å². The van der Waals surface area contributed by atoms with E-state index in [4.69, 9.17) is 10.5 Å². The second kappa shape index (κ2) is 4.31. The molecule has 1 saturated heterocycles. The summed E-state index contributed by atoms with van der Waals surface area (Å²) in [6.07, 6.45) is -2.50.